The fourth-order valence-electron chi connectivity index (χ4n) is 5.37. The van der Waals surface area contributed by atoms with Crippen LogP contribution in [-0.4, -0.2) is 26.9 Å². The van der Waals surface area contributed by atoms with Crippen molar-refractivity contribution in [3.8, 4) is 0 Å². The van der Waals surface area contributed by atoms with Gasteiger partial charge in [0.1, 0.15) is 5.82 Å². The number of rotatable bonds is 4. The van der Waals surface area contributed by atoms with Crippen molar-refractivity contribution in [2.24, 2.45) is 0 Å². The summed E-state index contributed by atoms with van der Waals surface area (Å²) in [6.45, 7) is 0. The van der Waals surface area contributed by atoms with Crippen molar-refractivity contribution in [1.82, 2.24) is 20.3 Å². The van der Waals surface area contributed by atoms with Gasteiger partial charge in [-0.25, -0.2) is 4.98 Å². The Balaban J connectivity index is 1.27. The number of carbonyl (C=O) groups is 1. The maximum absolute atomic E-state index is 13.2. The van der Waals surface area contributed by atoms with Gasteiger partial charge in [-0.15, -0.1) is 0 Å². The average molecular weight is 379 g/mol. The first-order valence-corrected chi connectivity index (χ1v) is 11.0. The Morgan fingerprint density at radius 3 is 2.57 bits per heavy atom. The SMILES string of the molecule is O=C(NC1CCc2nc(C3CCCCC3)[nH]c2C1)C1(c2ccncc2)CCC1. The van der Waals surface area contributed by atoms with Crippen molar-refractivity contribution in [2.75, 3.05) is 0 Å². The zero-order valence-electron chi connectivity index (χ0n) is 16.5. The minimum Gasteiger partial charge on any atom is -0.352 e. The van der Waals surface area contributed by atoms with E-state index in [1.165, 1.54) is 49.3 Å². The molecule has 5 heteroatoms. The monoisotopic (exact) mass is 378 g/mol. The minimum atomic E-state index is -0.343. The lowest BCUT2D eigenvalue weighted by atomic mass is 9.64. The normalized spacial score (nSPS) is 24.2. The minimum absolute atomic E-state index is 0.199. The first-order valence-electron chi connectivity index (χ1n) is 11.0. The molecule has 0 bridgehead atoms. The van der Waals surface area contributed by atoms with Crippen LogP contribution in [0, 0.1) is 0 Å². The smallest absolute Gasteiger partial charge is 0.230 e. The Bertz CT molecular complexity index is 834. The van der Waals surface area contributed by atoms with Gasteiger partial charge in [0.25, 0.3) is 0 Å². The van der Waals surface area contributed by atoms with Crippen LogP contribution in [0.25, 0.3) is 0 Å². The predicted molar refractivity (Wildman–Crippen MR) is 108 cm³/mol. The quantitative estimate of drug-likeness (QED) is 0.846. The van der Waals surface area contributed by atoms with E-state index >= 15 is 0 Å². The van der Waals surface area contributed by atoms with E-state index in [2.05, 4.69) is 15.3 Å². The van der Waals surface area contributed by atoms with Crippen LogP contribution in [0.1, 0.15) is 86.5 Å². The van der Waals surface area contributed by atoms with Gasteiger partial charge in [0, 0.05) is 36.5 Å². The highest BCUT2D eigenvalue weighted by molar-refractivity contribution is 5.89. The molecule has 3 aliphatic rings. The molecule has 1 unspecified atom stereocenters. The van der Waals surface area contributed by atoms with Crippen molar-refractivity contribution in [2.45, 2.75) is 88.0 Å². The molecule has 148 valence electrons. The molecule has 0 aromatic carbocycles. The molecule has 2 heterocycles. The van der Waals surface area contributed by atoms with Crippen LogP contribution in [0.3, 0.4) is 0 Å². The van der Waals surface area contributed by atoms with Crippen molar-refractivity contribution in [3.63, 3.8) is 0 Å². The first kappa shape index (κ1) is 17.9. The summed E-state index contributed by atoms with van der Waals surface area (Å²) in [4.78, 5) is 25.9. The number of aromatic amines is 1. The summed E-state index contributed by atoms with van der Waals surface area (Å²) >= 11 is 0. The molecule has 1 atom stereocenters. The Kier molecular flexibility index (Phi) is 4.69. The van der Waals surface area contributed by atoms with Crippen LogP contribution in [0.15, 0.2) is 24.5 Å². The average Bonchev–Trinajstić information content (AvgIpc) is 3.12. The molecule has 2 N–H and O–H groups in total. The summed E-state index contributed by atoms with van der Waals surface area (Å²) in [5.74, 6) is 2.01. The van der Waals surface area contributed by atoms with E-state index < -0.39 is 0 Å². The molecule has 2 aromatic heterocycles. The molecular formula is C23H30N4O. The Morgan fingerprint density at radius 1 is 1.07 bits per heavy atom. The number of H-pyrrole nitrogens is 1. The van der Waals surface area contributed by atoms with Crippen molar-refractivity contribution >= 4 is 5.91 Å². The second-order valence-electron chi connectivity index (χ2n) is 8.97. The number of nitrogens with zero attached hydrogens (tertiary/aromatic N) is 2. The molecule has 2 fully saturated rings. The van der Waals surface area contributed by atoms with Crippen LogP contribution in [0.2, 0.25) is 0 Å². The number of hydrogen-bond donors (Lipinski definition) is 2. The van der Waals surface area contributed by atoms with Gasteiger partial charge in [0.05, 0.1) is 11.1 Å². The van der Waals surface area contributed by atoms with Crippen LogP contribution < -0.4 is 5.32 Å². The zero-order valence-corrected chi connectivity index (χ0v) is 16.5. The standard InChI is InChI=1S/C23H30N4O/c28-22(23(11-4-12-23)17-9-13-24-14-10-17)25-18-7-8-19-20(15-18)27-21(26-19)16-5-2-1-3-6-16/h9-10,13-14,16,18H,1-8,11-12,15H2,(H,25,28)(H,26,27). The third kappa shape index (κ3) is 3.15. The highest BCUT2D eigenvalue weighted by Gasteiger charge is 2.46. The molecule has 0 spiro atoms. The number of fused-ring (bicyclic) bond motifs is 1. The molecule has 0 aliphatic heterocycles. The lowest BCUT2D eigenvalue weighted by Gasteiger charge is -2.41. The molecule has 0 saturated heterocycles. The molecule has 1 amide bonds. The van der Waals surface area contributed by atoms with Gasteiger partial charge < -0.3 is 10.3 Å². The van der Waals surface area contributed by atoms with Gasteiger partial charge in [-0.05, 0) is 56.2 Å². The second-order valence-corrected chi connectivity index (χ2v) is 8.97. The summed E-state index contributed by atoms with van der Waals surface area (Å²) in [6, 6.07) is 4.21. The van der Waals surface area contributed by atoms with E-state index in [4.69, 9.17) is 4.98 Å². The summed E-state index contributed by atoms with van der Waals surface area (Å²) in [5.41, 5.74) is 3.26. The van der Waals surface area contributed by atoms with E-state index in [1.807, 2.05) is 12.1 Å². The second kappa shape index (κ2) is 7.34. The molecule has 2 aromatic rings. The van der Waals surface area contributed by atoms with Crippen molar-refractivity contribution < 1.29 is 4.79 Å². The van der Waals surface area contributed by atoms with Crippen LogP contribution >= 0.6 is 0 Å². The Labute approximate surface area is 166 Å². The maximum Gasteiger partial charge on any atom is 0.230 e. The molecule has 5 nitrogen and oxygen atoms in total. The Morgan fingerprint density at radius 2 is 1.86 bits per heavy atom. The molecule has 28 heavy (non-hydrogen) atoms. The van der Waals surface area contributed by atoms with E-state index in [9.17, 15) is 4.79 Å². The van der Waals surface area contributed by atoms with Crippen molar-refractivity contribution in [3.05, 3.63) is 47.3 Å². The zero-order chi connectivity index (χ0) is 19.0. The molecular weight excluding hydrogens is 348 g/mol. The number of aryl methyl sites for hydroxylation is 1. The molecule has 5 rings (SSSR count). The van der Waals surface area contributed by atoms with Gasteiger partial charge in [-0.3, -0.25) is 9.78 Å². The van der Waals surface area contributed by atoms with Gasteiger partial charge in [0.15, 0.2) is 0 Å². The van der Waals surface area contributed by atoms with Crippen LogP contribution in [-0.2, 0) is 23.1 Å². The Hall–Kier alpha value is -2.17. The highest BCUT2D eigenvalue weighted by atomic mass is 16.2. The van der Waals surface area contributed by atoms with Gasteiger partial charge in [-0.2, -0.15) is 0 Å². The number of imidazole rings is 1. The summed E-state index contributed by atoms with van der Waals surface area (Å²) in [5, 5.41) is 3.38. The third-order valence-electron chi connectivity index (χ3n) is 7.26. The molecule has 3 aliphatic carbocycles. The topological polar surface area (TPSA) is 70.7 Å². The molecule has 0 radical (unpaired) electrons. The van der Waals surface area contributed by atoms with Crippen LogP contribution in [0.4, 0.5) is 0 Å². The first-order chi connectivity index (χ1) is 13.7. The number of aromatic nitrogens is 3. The van der Waals surface area contributed by atoms with E-state index in [0.29, 0.717) is 5.92 Å². The number of carbonyl (C=O) groups excluding carboxylic acids is 1. The third-order valence-corrected chi connectivity index (χ3v) is 7.26. The fourth-order valence-corrected chi connectivity index (χ4v) is 5.37. The number of amides is 1. The summed E-state index contributed by atoms with van der Waals surface area (Å²) in [7, 11) is 0. The lowest BCUT2D eigenvalue weighted by Crippen LogP contribution is -2.53. The van der Waals surface area contributed by atoms with Gasteiger partial charge >= 0.3 is 0 Å². The van der Waals surface area contributed by atoms with Crippen molar-refractivity contribution in [1.29, 1.82) is 0 Å². The lowest BCUT2D eigenvalue weighted by molar-refractivity contribution is -0.130. The summed E-state index contributed by atoms with van der Waals surface area (Å²) in [6.07, 6.45) is 16.0. The van der Waals surface area contributed by atoms with E-state index in [1.54, 1.807) is 12.4 Å². The largest absolute Gasteiger partial charge is 0.352 e. The van der Waals surface area contributed by atoms with E-state index in [0.717, 1.165) is 44.1 Å². The number of nitrogens with one attached hydrogen (secondary N) is 2. The van der Waals surface area contributed by atoms with Gasteiger partial charge in [0.2, 0.25) is 5.91 Å². The number of hydrogen-bond acceptors (Lipinski definition) is 3. The number of pyridine rings is 1. The molecule has 2 saturated carbocycles. The van der Waals surface area contributed by atoms with Crippen LogP contribution in [0.5, 0.6) is 0 Å². The highest BCUT2D eigenvalue weighted by Crippen LogP contribution is 2.44. The van der Waals surface area contributed by atoms with Gasteiger partial charge in [-0.1, -0.05) is 25.7 Å². The van der Waals surface area contributed by atoms with E-state index in [-0.39, 0.29) is 17.4 Å². The fraction of sp³-hybridized carbons (Fsp3) is 0.609. The summed E-state index contributed by atoms with van der Waals surface area (Å²) < 4.78 is 0. The predicted octanol–water partition coefficient (Wildman–Crippen LogP) is 3.95. The maximum atomic E-state index is 13.2.